The lowest BCUT2D eigenvalue weighted by molar-refractivity contribution is -0.288. The van der Waals surface area contributed by atoms with Crippen molar-refractivity contribution in [3.05, 3.63) is 69.8 Å². The van der Waals surface area contributed by atoms with Crippen LogP contribution in [0.2, 0.25) is 0 Å². The smallest absolute Gasteiger partial charge is 0.277 e. The number of halogens is 6. The monoisotopic (exact) mass is 484 g/mol. The minimum atomic E-state index is -5.98. The molecule has 0 saturated heterocycles. The molecule has 2 aromatic carbocycles. The molecular weight excluding hydrogens is 470 g/mol. The Morgan fingerprint density at radius 3 is 1.47 bits per heavy atom. The molecule has 12 heteroatoms. The number of amides is 4. The number of benzene rings is 2. The van der Waals surface area contributed by atoms with Gasteiger partial charge in [-0.05, 0) is 42.3 Å². The number of nitrogens with zero attached hydrogens (tertiary/aromatic N) is 2. The summed E-state index contributed by atoms with van der Waals surface area (Å²) in [4.78, 5) is 50.4. The summed E-state index contributed by atoms with van der Waals surface area (Å²) < 4.78 is 86.8. The summed E-state index contributed by atoms with van der Waals surface area (Å²) in [7, 11) is 1.05. The van der Waals surface area contributed by atoms with Crippen molar-refractivity contribution < 1.29 is 45.5 Å². The summed E-state index contributed by atoms with van der Waals surface area (Å²) in [6.07, 6.45) is -12.0. The molecule has 0 atom stereocenters. The zero-order valence-corrected chi connectivity index (χ0v) is 17.5. The quantitative estimate of drug-likeness (QED) is 0.489. The zero-order chi connectivity index (χ0) is 25.4. The third kappa shape index (κ3) is 2.83. The fourth-order valence-corrected chi connectivity index (χ4v) is 4.39. The van der Waals surface area contributed by atoms with Gasteiger partial charge in [0.05, 0.1) is 22.3 Å². The van der Waals surface area contributed by atoms with E-state index in [0.29, 0.717) is 34.1 Å². The molecule has 2 aliphatic rings. The van der Waals surface area contributed by atoms with E-state index in [4.69, 9.17) is 0 Å². The largest absolute Gasteiger partial charge is 0.411 e. The molecule has 34 heavy (non-hydrogen) atoms. The van der Waals surface area contributed by atoms with Crippen LogP contribution in [0, 0.1) is 0 Å². The first-order chi connectivity index (χ1) is 15.7. The maximum Gasteiger partial charge on any atom is 0.411 e. The van der Waals surface area contributed by atoms with Gasteiger partial charge in [-0.2, -0.15) is 26.3 Å². The Morgan fingerprint density at radius 2 is 1.03 bits per heavy atom. The van der Waals surface area contributed by atoms with Gasteiger partial charge in [0.2, 0.25) is 5.41 Å². The van der Waals surface area contributed by atoms with Crippen LogP contribution in [0.15, 0.2) is 36.4 Å². The number of fused-ring (bicyclic) bond motifs is 2. The molecule has 2 aromatic rings. The lowest BCUT2D eigenvalue weighted by atomic mass is 9.71. The molecule has 0 spiro atoms. The van der Waals surface area contributed by atoms with E-state index < -0.39 is 63.7 Å². The normalized spacial score (nSPS) is 16.5. The molecule has 6 nitrogen and oxygen atoms in total. The van der Waals surface area contributed by atoms with Crippen molar-refractivity contribution in [3.8, 4) is 0 Å². The highest BCUT2D eigenvalue weighted by Crippen LogP contribution is 2.57. The topological polar surface area (TPSA) is 74.8 Å². The fraction of sp³-hybridized carbons (Fsp3) is 0.273. The number of carbonyl (C=O) groups excluding carboxylic acids is 4. The van der Waals surface area contributed by atoms with Crippen LogP contribution >= 0.6 is 0 Å². The standard InChI is InChI=1S/C22H14F6N2O4/c1-3-30-18(33)13-7-5-11(9-15(13)19(30)34)20(21(23,24)25,22(26,27)28)10-4-6-12-14(8-10)17(32)29(2)16(12)31/h4-9H,3H2,1-2H3. The van der Waals surface area contributed by atoms with Crippen molar-refractivity contribution in [3.63, 3.8) is 0 Å². The van der Waals surface area contributed by atoms with Crippen LogP contribution in [-0.4, -0.2) is 59.4 Å². The third-order valence-corrected chi connectivity index (χ3v) is 6.09. The predicted octanol–water partition coefficient (Wildman–Crippen LogP) is 3.94. The zero-order valence-electron chi connectivity index (χ0n) is 17.5. The molecule has 2 aliphatic heterocycles. The summed E-state index contributed by atoms with van der Waals surface area (Å²) in [6, 6.07) is 3.29. The van der Waals surface area contributed by atoms with Gasteiger partial charge in [-0.15, -0.1) is 0 Å². The maximum absolute atomic E-state index is 14.5. The van der Waals surface area contributed by atoms with E-state index in [9.17, 15) is 45.5 Å². The Morgan fingerprint density at radius 1 is 0.647 bits per heavy atom. The van der Waals surface area contributed by atoms with Crippen molar-refractivity contribution in [1.82, 2.24) is 9.80 Å². The maximum atomic E-state index is 14.5. The van der Waals surface area contributed by atoms with Gasteiger partial charge in [-0.1, -0.05) is 12.1 Å². The molecule has 0 radical (unpaired) electrons. The molecule has 0 N–H and O–H groups in total. The minimum absolute atomic E-state index is 0.125. The molecule has 4 rings (SSSR count). The van der Waals surface area contributed by atoms with Crippen LogP contribution in [0.4, 0.5) is 26.3 Å². The Balaban J connectivity index is 2.04. The second-order valence-corrected chi connectivity index (χ2v) is 7.79. The van der Waals surface area contributed by atoms with E-state index in [1.54, 1.807) is 0 Å². The van der Waals surface area contributed by atoms with Crippen molar-refractivity contribution >= 4 is 23.6 Å². The number of hydrogen-bond donors (Lipinski definition) is 0. The highest BCUT2D eigenvalue weighted by atomic mass is 19.4. The van der Waals surface area contributed by atoms with Crippen molar-refractivity contribution in [2.75, 3.05) is 13.6 Å². The Hall–Kier alpha value is -3.70. The molecule has 2 heterocycles. The van der Waals surface area contributed by atoms with Crippen molar-refractivity contribution in [2.45, 2.75) is 24.7 Å². The Kier molecular flexibility index (Phi) is 4.93. The van der Waals surface area contributed by atoms with Gasteiger partial charge >= 0.3 is 12.4 Å². The molecule has 0 bridgehead atoms. The summed E-state index contributed by atoms with van der Waals surface area (Å²) in [5.74, 6) is -3.76. The van der Waals surface area contributed by atoms with Gasteiger partial charge in [-0.3, -0.25) is 29.0 Å². The SMILES string of the molecule is CCN1C(=O)c2ccc(C(c3ccc4c(c3)C(=O)N(C)C4=O)(C(F)(F)F)C(F)(F)F)cc2C1=O. The highest BCUT2D eigenvalue weighted by molar-refractivity contribution is 6.22. The van der Waals surface area contributed by atoms with Gasteiger partial charge in [0.15, 0.2) is 0 Å². The highest BCUT2D eigenvalue weighted by Gasteiger charge is 2.73. The molecule has 0 aliphatic carbocycles. The van der Waals surface area contributed by atoms with Crippen LogP contribution in [0.5, 0.6) is 0 Å². The van der Waals surface area contributed by atoms with E-state index in [2.05, 4.69) is 0 Å². The van der Waals surface area contributed by atoms with Crippen molar-refractivity contribution in [1.29, 1.82) is 0 Å². The van der Waals surface area contributed by atoms with E-state index in [1.165, 1.54) is 6.92 Å². The molecular formula is C22H14F6N2O4. The minimum Gasteiger partial charge on any atom is -0.277 e. The Labute approximate surface area is 187 Å². The van der Waals surface area contributed by atoms with E-state index in [-0.39, 0.29) is 17.7 Å². The van der Waals surface area contributed by atoms with E-state index in [1.807, 2.05) is 0 Å². The number of rotatable bonds is 3. The average Bonchev–Trinajstić information content (AvgIpc) is 3.11. The molecule has 4 amide bonds. The Bertz CT molecular complexity index is 1270. The van der Waals surface area contributed by atoms with Crippen LogP contribution in [0.3, 0.4) is 0 Å². The van der Waals surface area contributed by atoms with Gasteiger partial charge in [0.25, 0.3) is 23.6 Å². The first-order valence-corrected chi connectivity index (χ1v) is 9.79. The van der Waals surface area contributed by atoms with Crippen LogP contribution < -0.4 is 0 Å². The molecule has 0 saturated carbocycles. The van der Waals surface area contributed by atoms with E-state index >= 15 is 0 Å². The number of hydrogen-bond acceptors (Lipinski definition) is 4. The molecule has 0 fully saturated rings. The van der Waals surface area contributed by atoms with E-state index in [0.717, 1.165) is 19.2 Å². The summed E-state index contributed by atoms with van der Waals surface area (Å²) in [6.45, 7) is 1.30. The van der Waals surface area contributed by atoms with Gasteiger partial charge in [-0.25, -0.2) is 0 Å². The summed E-state index contributed by atoms with van der Waals surface area (Å²) >= 11 is 0. The van der Waals surface area contributed by atoms with Gasteiger partial charge < -0.3 is 0 Å². The second kappa shape index (κ2) is 7.15. The fourth-order valence-electron chi connectivity index (χ4n) is 4.39. The first kappa shape index (κ1) is 23.5. The van der Waals surface area contributed by atoms with Gasteiger partial charge in [0, 0.05) is 13.6 Å². The molecule has 178 valence electrons. The van der Waals surface area contributed by atoms with Crippen molar-refractivity contribution in [2.24, 2.45) is 0 Å². The number of imide groups is 2. The average molecular weight is 484 g/mol. The third-order valence-electron chi connectivity index (χ3n) is 6.09. The summed E-state index contributed by atoms with van der Waals surface area (Å²) in [5.41, 5.74) is -9.20. The lowest BCUT2D eigenvalue weighted by Gasteiger charge is -2.38. The molecule has 0 aromatic heterocycles. The number of carbonyl (C=O) groups is 4. The lowest BCUT2D eigenvalue weighted by Crippen LogP contribution is -2.55. The number of alkyl halides is 6. The second-order valence-electron chi connectivity index (χ2n) is 7.79. The predicted molar refractivity (Wildman–Crippen MR) is 103 cm³/mol. The first-order valence-electron chi connectivity index (χ1n) is 9.79. The summed E-state index contributed by atoms with van der Waals surface area (Å²) in [5, 5.41) is 0. The van der Waals surface area contributed by atoms with Crippen LogP contribution in [-0.2, 0) is 5.41 Å². The molecule has 0 unspecified atom stereocenters. The van der Waals surface area contributed by atoms with Crippen LogP contribution in [0.1, 0.15) is 59.5 Å². The van der Waals surface area contributed by atoms with Gasteiger partial charge in [0.1, 0.15) is 0 Å². The van der Waals surface area contributed by atoms with Crippen LogP contribution in [0.25, 0.3) is 0 Å².